The molecule has 0 bridgehead atoms. The second kappa shape index (κ2) is 10.5. The highest BCUT2D eigenvalue weighted by Crippen LogP contribution is 2.73. The maximum atomic E-state index is 13.9. The number of aromatic nitrogens is 1. The summed E-state index contributed by atoms with van der Waals surface area (Å²) in [5, 5.41) is 14.2. The van der Waals surface area contributed by atoms with E-state index >= 15 is 0 Å². The number of hydrogen-bond acceptors (Lipinski definition) is 4. The monoisotopic (exact) mass is 549 g/mol. The van der Waals surface area contributed by atoms with Crippen LogP contribution < -0.4 is 11.1 Å². The summed E-state index contributed by atoms with van der Waals surface area (Å²) in [4.78, 5) is 18.0. The topological polar surface area (TPSA) is 88.2 Å². The van der Waals surface area contributed by atoms with Gasteiger partial charge < -0.3 is 16.2 Å². The molecule has 6 rings (SSSR count). The second-order valence-electron chi connectivity index (χ2n) is 15.3. The van der Waals surface area contributed by atoms with E-state index in [1.807, 2.05) is 19.1 Å². The van der Waals surface area contributed by atoms with E-state index in [1.165, 1.54) is 19.3 Å². The smallest absolute Gasteiger partial charge is 0.226 e. The number of pyridine rings is 1. The third kappa shape index (κ3) is 4.32. The van der Waals surface area contributed by atoms with Crippen LogP contribution in [0.2, 0.25) is 0 Å². The number of nitrogens with one attached hydrogen (secondary N) is 1. The Morgan fingerprint density at radius 1 is 0.950 bits per heavy atom. The first-order valence-corrected chi connectivity index (χ1v) is 16.1. The zero-order valence-electron chi connectivity index (χ0n) is 25.8. The minimum absolute atomic E-state index is 0.0222. The fraction of sp³-hybridized carbons (Fsp3) is 0.771. The third-order valence-electron chi connectivity index (χ3n) is 13.3. The van der Waals surface area contributed by atoms with Crippen molar-refractivity contribution in [2.24, 2.45) is 51.1 Å². The van der Waals surface area contributed by atoms with E-state index in [1.54, 1.807) is 18.5 Å². The second-order valence-corrected chi connectivity index (χ2v) is 15.3. The molecule has 5 fully saturated rings. The van der Waals surface area contributed by atoms with Crippen LogP contribution in [0, 0.1) is 45.3 Å². The van der Waals surface area contributed by atoms with Crippen molar-refractivity contribution in [1.82, 2.24) is 10.3 Å². The van der Waals surface area contributed by atoms with Gasteiger partial charge in [0.05, 0.1) is 11.5 Å². The summed E-state index contributed by atoms with van der Waals surface area (Å²) in [6.45, 7) is 15.6. The maximum absolute atomic E-state index is 13.9. The van der Waals surface area contributed by atoms with Crippen molar-refractivity contribution in [1.29, 1.82) is 0 Å². The third-order valence-corrected chi connectivity index (χ3v) is 13.3. The van der Waals surface area contributed by atoms with Gasteiger partial charge in [-0.3, -0.25) is 9.78 Å². The number of carbonyl (C=O) groups is 1. The number of nitrogens with two attached hydrogens (primary N) is 1. The highest BCUT2D eigenvalue weighted by atomic mass is 16.3. The van der Waals surface area contributed by atoms with E-state index in [-0.39, 0.29) is 45.1 Å². The molecule has 5 saturated carbocycles. The number of carbonyl (C=O) groups excluding carboxylic acids is 1. The predicted octanol–water partition coefficient (Wildman–Crippen LogP) is 6.80. The van der Waals surface area contributed by atoms with Crippen molar-refractivity contribution in [3.05, 3.63) is 42.7 Å². The Hall–Kier alpha value is -1.72. The average Bonchev–Trinajstić information content (AvgIpc) is 3.37. The van der Waals surface area contributed by atoms with Crippen molar-refractivity contribution < 1.29 is 9.90 Å². The van der Waals surface area contributed by atoms with Crippen molar-refractivity contribution in [2.75, 3.05) is 0 Å². The molecular formula is C35H55N3O2. The molecule has 1 amide bonds. The van der Waals surface area contributed by atoms with E-state index < -0.39 is 0 Å². The number of hydrogen-bond donors (Lipinski definition) is 3. The van der Waals surface area contributed by atoms with E-state index in [2.05, 4.69) is 44.6 Å². The SMILES string of the molecule is C=CC.CC1(C)C(O)CCC2(C)C1CCC1(C)C2CCC2(N)C3CCCC3(C(=O)NCc3ccncc3)CCC12. The highest BCUT2D eigenvalue weighted by Gasteiger charge is 2.70. The molecule has 0 radical (unpaired) electrons. The van der Waals surface area contributed by atoms with Gasteiger partial charge in [0.25, 0.3) is 0 Å². The van der Waals surface area contributed by atoms with E-state index in [0.717, 1.165) is 56.9 Å². The lowest BCUT2D eigenvalue weighted by Crippen LogP contribution is -2.72. The first-order valence-electron chi connectivity index (χ1n) is 16.1. The average molecular weight is 550 g/mol. The van der Waals surface area contributed by atoms with Crippen LogP contribution in [0.5, 0.6) is 0 Å². The lowest BCUT2D eigenvalue weighted by Gasteiger charge is -2.71. The van der Waals surface area contributed by atoms with Gasteiger partial charge in [-0.05, 0) is 129 Å². The molecule has 40 heavy (non-hydrogen) atoms. The highest BCUT2D eigenvalue weighted by molar-refractivity contribution is 5.83. The Bertz CT molecular complexity index is 1090. The van der Waals surface area contributed by atoms with Gasteiger partial charge in [0, 0.05) is 24.5 Å². The molecule has 222 valence electrons. The molecule has 0 aromatic carbocycles. The summed E-state index contributed by atoms with van der Waals surface area (Å²) in [7, 11) is 0. The van der Waals surface area contributed by atoms with E-state index in [9.17, 15) is 9.90 Å². The van der Waals surface area contributed by atoms with Gasteiger partial charge in [-0.15, -0.1) is 6.58 Å². The Morgan fingerprint density at radius 3 is 2.25 bits per heavy atom. The number of aliphatic hydroxyl groups is 1. The van der Waals surface area contributed by atoms with E-state index in [4.69, 9.17) is 5.73 Å². The number of fused-ring (bicyclic) bond motifs is 7. The Morgan fingerprint density at radius 2 is 1.55 bits per heavy atom. The number of aliphatic hydroxyl groups excluding tert-OH is 1. The Kier molecular flexibility index (Phi) is 7.83. The van der Waals surface area contributed by atoms with Gasteiger partial charge in [-0.2, -0.15) is 0 Å². The van der Waals surface area contributed by atoms with Crippen molar-refractivity contribution in [3.63, 3.8) is 0 Å². The molecule has 0 spiro atoms. The van der Waals surface area contributed by atoms with Crippen LogP contribution in [0.15, 0.2) is 37.2 Å². The number of allylic oxidation sites excluding steroid dienone is 1. The summed E-state index contributed by atoms with van der Waals surface area (Å²) in [6.07, 6.45) is 17.1. The molecule has 1 heterocycles. The van der Waals surface area contributed by atoms with Crippen molar-refractivity contribution in [3.8, 4) is 0 Å². The molecule has 0 aliphatic heterocycles. The fourth-order valence-corrected chi connectivity index (χ4v) is 11.7. The Labute approximate surface area is 243 Å². The van der Waals surface area contributed by atoms with Gasteiger partial charge in [0.2, 0.25) is 5.91 Å². The summed E-state index contributed by atoms with van der Waals surface area (Å²) in [6, 6.07) is 3.96. The molecule has 4 N–H and O–H groups in total. The van der Waals surface area contributed by atoms with Gasteiger partial charge in [-0.25, -0.2) is 0 Å². The van der Waals surface area contributed by atoms with Gasteiger partial charge >= 0.3 is 0 Å². The molecule has 1 aromatic heterocycles. The molecule has 5 aliphatic carbocycles. The first kappa shape index (κ1) is 29.8. The molecule has 9 atom stereocenters. The minimum atomic E-state index is -0.306. The van der Waals surface area contributed by atoms with Crippen LogP contribution in [0.4, 0.5) is 0 Å². The molecule has 5 heteroatoms. The quantitative estimate of drug-likeness (QED) is 0.362. The van der Waals surface area contributed by atoms with Gasteiger partial charge in [0.1, 0.15) is 0 Å². The molecule has 9 unspecified atom stereocenters. The van der Waals surface area contributed by atoms with Gasteiger partial charge in [0.15, 0.2) is 0 Å². The normalized spacial score (nSPS) is 44.9. The number of nitrogens with zero attached hydrogens (tertiary/aromatic N) is 1. The lowest BCUT2D eigenvalue weighted by molar-refractivity contribution is -0.219. The summed E-state index contributed by atoms with van der Waals surface area (Å²) < 4.78 is 0. The van der Waals surface area contributed by atoms with Crippen LogP contribution in [-0.2, 0) is 11.3 Å². The summed E-state index contributed by atoms with van der Waals surface area (Å²) in [5.41, 5.74) is 8.64. The van der Waals surface area contributed by atoms with E-state index in [0.29, 0.717) is 24.3 Å². The Balaban J connectivity index is 0.00000103. The predicted molar refractivity (Wildman–Crippen MR) is 162 cm³/mol. The maximum Gasteiger partial charge on any atom is 0.226 e. The fourth-order valence-electron chi connectivity index (χ4n) is 11.7. The van der Waals surface area contributed by atoms with Crippen LogP contribution in [0.1, 0.15) is 111 Å². The standard InChI is InChI=1S/C32H49N3O2.C3H6/c1-28(2)22-7-14-30(4)23(29(22,3)15-10-26(28)36)9-17-32(33)24(30)8-16-31(13-5-6-25(31)32)27(37)35-20-21-11-18-34-19-12-21;1-3-2/h11-12,18-19,22-26,36H,5-10,13-17,20,33H2,1-4H3,(H,35,37);3H,1H2,2H3. The van der Waals surface area contributed by atoms with Crippen LogP contribution >= 0.6 is 0 Å². The number of amides is 1. The molecular weight excluding hydrogens is 494 g/mol. The molecule has 5 aliphatic rings. The van der Waals surface area contributed by atoms with Gasteiger partial charge in [-0.1, -0.05) is 40.2 Å². The lowest BCUT2D eigenvalue weighted by atomic mass is 9.35. The van der Waals surface area contributed by atoms with Crippen molar-refractivity contribution in [2.45, 2.75) is 123 Å². The first-order chi connectivity index (χ1) is 18.9. The van der Waals surface area contributed by atoms with Crippen molar-refractivity contribution >= 4 is 5.91 Å². The molecule has 1 aromatic rings. The molecule has 0 saturated heterocycles. The van der Waals surface area contributed by atoms with Crippen LogP contribution in [-0.4, -0.2) is 27.6 Å². The number of rotatable bonds is 3. The van der Waals surface area contributed by atoms with Crippen LogP contribution in [0.3, 0.4) is 0 Å². The molecule has 5 nitrogen and oxygen atoms in total. The largest absolute Gasteiger partial charge is 0.393 e. The minimum Gasteiger partial charge on any atom is -0.393 e. The van der Waals surface area contributed by atoms with Crippen LogP contribution in [0.25, 0.3) is 0 Å². The zero-order valence-corrected chi connectivity index (χ0v) is 25.8. The summed E-state index contributed by atoms with van der Waals surface area (Å²) in [5.74, 6) is 2.22. The zero-order chi connectivity index (χ0) is 29.0. The summed E-state index contributed by atoms with van der Waals surface area (Å²) >= 11 is 0.